The van der Waals surface area contributed by atoms with E-state index in [0.717, 1.165) is 16.8 Å². The van der Waals surface area contributed by atoms with E-state index < -0.39 is 5.97 Å². The Kier molecular flexibility index (Phi) is 5.43. The van der Waals surface area contributed by atoms with E-state index in [9.17, 15) is 4.79 Å². The molecule has 0 aliphatic carbocycles. The van der Waals surface area contributed by atoms with Crippen LogP contribution in [-0.2, 0) is 16.1 Å². The predicted octanol–water partition coefficient (Wildman–Crippen LogP) is 3.81. The summed E-state index contributed by atoms with van der Waals surface area (Å²) in [6, 6.07) is 13.2. The van der Waals surface area contributed by atoms with Crippen LogP contribution in [0.15, 0.2) is 59.2 Å². The normalized spacial score (nSPS) is 10.8. The molecule has 0 aliphatic rings. The second-order valence-electron chi connectivity index (χ2n) is 5.46. The van der Waals surface area contributed by atoms with Crippen molar-refractivity contribution in [3.8, 4) is 17.3 Å². The van der Waals surface area contributed by atoms with Crippen molar-refractivity contribution in [1.82, 2.24) is 9.97 Å². The molecule has 0 unspecified atom stereocenters. The van der Waals surface area contributed by atoms with Gasteiger partial charge in [-0.25, -0.2) is 14.8 Å². The summed E-state index contributed by atoms with van der Waals surface area (Å²) in [4.78, 5) is 19.8. The number of methoxy groups -OCH3 is 1. The van der Waals surface area contributed by atoms with Crippen molar-refractivity contribution in [3.63, 3.8) is 0 Å². The molecule has 0 saturated carbocycles. The molecule has 0 N–H and O–H groups in total. The van der Waals surface area contributed by atoms with Crippen molar-refractivity contribution >= 4 is 12.0 Å². The Labute approximate surface area is 151 Å². The maximum absolute atomic E-state index is 11.1. The fourth-order valence-electron chi connectivity index (χ4n) is 2.22. The molecule has 132 valence electrons. The number of hydrogen-bond donors (Lipinski definition) is 0. The molecular weight excluding hydrogens is 332 g/mol. The lowest BCUT2D eigenvalue weighted by molar-refractivity contribution is -0.134. The number of esters is 1. The molecule has 26 heavy (non-hydrogen) atoms. The molecule has 0 fully saturated rings. The highest BCUT2D eigenvalue weighted by molar-refractivity contribution is 5.86. The van der Waals surface area contributed by atoms with E-state index in [1.807, 2.05) is 37.3 Å². The van der Waals surface area contributed by atoms with Gasteiger partial charge in [0.05, 0.1) is 7.11 Å². The summed E-state index contributed by atoms with van der Waals surface area (Å²) in [7, 11) is 1.33. The van der Waals surface area contributed by atoms with E-state index in [2.05, 4.69) is 14.7 Å². The summed E-state index contributed by atoms with van der Waals surface area (Å²) in [5.74, 6) is 1.32. The molecule has 2 aromatic heterocycles. The number of carbonyl (C=O) groups excluding carboxylic acids is 1. The zero-order valence-electron chi connectivity index (χ0n) is 14.5. The molecule has 0 amide bonds. The van der Waals surface area contributed by atoms with E-state index >= 15 is 0 Å². The van der Waals surface area contributed by atoms with Crippen LogP contribution in [0.2, 0.25) is 0 Å². The fourth-order valence-corrected chi connectivity index (χ4v) is 2.22. The number of oxazole rings is 1. The quantitative estimate of drug-likeness (QED) is 0.497. The second-order valence-corrected chi connectivity index (χ2v) is 5.46. The monoisotopic (exact) mass is 350 g/mol. The number of aryl methyl sites for hydroxylation is 1. The number of aromatic nitrogens is 2. The van der Waals surface area contributed by atoms with E-state index in [1.54, 1.807) is 24.4 Å². The van der Waals surface area contributed by atoms with Gasteiger partial charge in [0.15, 0.2) is 0 Å². The number of ether oxygens (including phenoxy) is 2. The molecule has 2 heterocycles. The van der Waals surface area contributed by atoms with E-state index in [-0.39, 0.29) is 6.61 Å². The van der Waals surface area contributed by atoms with Crippen LogP contribution in [0, 0.1) is 6.92 Å². The van der Waals surface area contributed by atoms with Crippen LogP contribution in [0.5, 0.6) is 5.88 Å². The first-order chi connectivity index (χ1) is 12.7. The van der Waals surface area contributed by atoms with Gasteiger partial charge < -0.3 is 13.9 Å². The Balaban J connectivity index is 1.63. The van der Waals surface area contributed by atoms with Gasteiger partial charge in [0.25, 0.3) is 0 Å². The minimum absolute atomic E-state index is 0.256. The summed E-state index contributed by atoms with van der Waals surface area (Å²) in [6.07, 6.45) is 4.57. The Hall–Kier alpha value is -3.41. The smallest absolute Gasteiger partial charge is 0.330 e. The molecule has 6 heteroatoms. The lowest BCUT2D eigenvalue weighted by Crippen LogP contribution is -1.99. The van der Waals surface area contributed by atoms with Crippen molar-refractivity contribution in [1.29, 1.82) is 0 Å². The van der Waals surface area contributed by atoms with Gasteiger partial charge in [0.1, 0.15) is 18.1 Å². The Morgan fingerprint density at radius 2 is 2.00 bits per heavy atom. The minimum atomic E-state index is -0.416. The summed E-state index contributed by atoms with van der Waals surface area (Å²) in [6.45, 7) is 2.11. The van der Waals surface area contributed by atoms with Crippen LogP contribution < -0.4 is 4.74 Å². The first-order valence-corrected chi connectivity index (χ1v) is 8.02. The van der Waals surface area contributed by atoms with Crippen molar-refractivity contribution in [2.45, 2.75) is 13.5 Å². The first-order valence-electron chi connectivity index (χ1n) is 8.02. The maximum Gasteiger partial charge on any atom is 0.330 e. The van der Waals surface area contributed by atoms with E-state index in [1.165, 1.54) is 13.2 Å². The minimum Gasteiger partial charge on any atom is -0.471 e. The fraction of sp³-hybridized carbons (Fsp3) is 0.150. The van der Waals surface area contributed by atoms with Crippen molar-refractivity contribution < 1.29 is 18.7 Å². The molecule has 0 saturated heterocycles. The van der Waals surface area contributed by atoms with Crippen LogP contribution in [0.1, 0.15) is 17.0 Å². The predicted molar refractivity (Wildman–Crippen MR) is 96.3 cm³/mol. The van der Waals surface area contributed by atoms with Gasteiger partial charge >= 0.3 is 5.97 Å². The molecule has 0 bridgehead atoms. The SMILES string of the molecule is COC(=O)/C=C/c1ccc(OCc2nc(-c3ccccc3)oc2C)nc1. The topological polar surface area (TPSA) is 74.5 Å². The third-order valence-electron chi connectivity index (χ3n) is 3.64. The van der Waals surface area contributed by atoms with Gasteiger partial charge in [-0.2, -0.15) is 0 Å². The Morgan fingerprint density at radius 3 is 2.69 bits per heavy atom. The summed E-state index contributed by atoms with van der Waals surface area (Å²) in [5.41, 5.74) is 2.41. The maximum atomic E-state index is 11.1. The highest BCUT2D eigenvalue weighted by Gasteiger charge is 2.12. The Bertz CT molecular complexity index is 899. The van der Waals surface area contributed by atoms with E-state index in [4.69, 9.17) is 9.15 Å². The molecule has 3 aromatic rings. The first kappa shape index (κ1) is 17.4. The van der Waals surface area contributed by atoms with Gasteiger partial charge in [-0.3, -0.25) is 0 Å². The van der Waals surface area contributed by atoms with E-state index in [0.29, 0.717) is 17.5 Å². The second kappa shape index (κ2) is 8.11. The number of nitrogens with zero attached hydrogens (tertiary/aromatic N) is 2. The van der Waals surface area contributed by atoms with Gasteiger partial charge in [-0.15, -0.1) is 0 Å². The van der Waals surface area contributed by atoms with Gasteiger partial charge in [0.2, 0.25) is 11.8 Å². The van der Waals surface area contributed by atoms with Crippen molar-refractivity contribution in [3.05, 3.63) is 71.8 Å². The van der Waals surface area contributed by atoms with Gasteiger partial charge in [-0.1, -0.05) is 18.2 Å². The summed E-state index contributed by atoms with van der Waals surface area (Å²) in [5, 5.41) is 0. The van der Waals surface area contributed by atoms with Gasteiger partial charge in [0, 0.05) is 23.9 Å². The molecule has 0 spiro atoms. The Morgan fingerprint density at radius 1 is 1.19 bits per heavy atom. The lowest BCUT2D eigenvalue weighted by atomic mass is 10.2. The zero-order chi connectivity index (χ0) is 18.4. The molecule has 0 aliphatic heterocycles. The average Bonchev–Trinajstić information content (AvgIpc) is 3.06. The molecule has 6 nitrogen and oxygen atoms in total. The molecule has 1 aromatic carbocycles. The molecule has 3 rings (SSSR count). The third kappa shape index (κ3) is 4.36. The molecular formula is C20H18N2O4. The summed E-state index contributed by atoms with van der Waals surface area (Å²) >= 11 is 0. The van der Waals surface area contributed by atoms with Crippen LogP contribution in [0.4, 0.5) is 0 Å². The van der Waals surface area contributed by atoms with Crippen LogP contribution in [0.3, 0.4) is 0 Å². The highest BCUT2D eigenvalue weighted by atomic mass is 16.5. The van der Waals surface area contributed by atoms with Crippen LogP contribution in [0.25, 0.3) is 17.5 Å². The van der Waals surface area contributed by atoms with Crippen LogP contribution >= 0.6 is 0 Å². The van der Waals surface area contributed by atoms with Gasteiger partial charge in [-0.05, 0) is 36.8 Å². The average molecular weight is 350 g/mol. The summed E-state index contributed by atoms with van der Waals surface area (Å²) < 4.78 is 15.9. The van der Waals surface area contributed by atoms with Crippen molar-refractivity contribution in [2.75, 3.05) is 7.11 Å². The van der Waals surface area contributed by atoms with Crippen LogP contribution in [-0.4, -0.2) is 23.0 Å². The number of hydrogen-bond acceptors (Lipinski definition) is 6. The standard InChI is InChI=1S/C20H18N2O4/c1-14-17(22-20(26-14)16-6-4-3-5-7-16)13-25-18-10-8-15(12-21-18)9-11-19(23)24-2/h3-12H,13H2,1-2H3/b11-9+. The highest BCUT2D eigenvalue weighted by Crippen LogP contribution is 2.22. The number of rotatable bonds is 6. The zero-order valence-corrected chi connectivity index (χ0v) is 14.5. The third-order valence-corrected chi connectivity index (χ3v) is 3.64. The number of carbonyl (C=O) groups is 1. The number of benzene rings is 1. The number of pyridine rings is 1. The van der Waals surface area contributed by atoms with Crippen molar-refractivity contribution in [2.24, 2.45) is 0 Å². The lowest BCUT2D eigenvalue weighted by Gasteiger charge is -2.03. The molecule has 0 atom stereocenters. The largest absolute Gasteiger partial charge is 0.471 e. The molecule has 0 radical (unpaired) electrons.